The Bertz CT molecular complexity index is 1180. The highest BCUT2D eigenvalue weighted by atomic mass is 19.4. The van der Waals surface area contributed by atoms with Crippen LogP contribution < -0.4 is 5.32 Å². The zero-order valence-corrected chi connectivity index (χ0v) is 19.7. The highest BCUT2D eigenvalue weighted by molar-refractivity contribution is 5.91. The van der Waals surface area contributed by atoms with Gasteiger partial charge in [0.2, 0.25) is 5.91 Å². The maximum Gasteiger partial charge on any atom is 0.416 e. The molecule has 1 aromatic carbocycles. The Kier molecular flexibility index (Phi) is 7.05. The first-order valence-electron chi connectivity index (χ1n) is 10.7. The standard InChI is InChI=1S/C22H22F7N5O3/c1-19(2,3)17(31-18(36)37)20(23)9-33(10-20)15(35)4-5-34-11-30-16(32-34)12-6-13(21(24,25)26)8-14(7-12)22(27,28)29/h4-8,11,17,31H,9-10H2,1-3H3,(H,36,37). The molecule has 1 aliphatic heterocycles. The van der Waals surface area contributed by atoms with Crippen molar-refractivity contribution in [1.29, 1.82) is 0 Å². The van der Waals surface area contributed by atoms with Gasteiger partial charge in [-0.1, -0.05) is 20.8 Å². The second-order valence-corrected chi connectivity index (χ2v) is 9.64. The topological polar surface area (TPSA) is 100 Å². The van der Waals surface area contributed by atoms with E-state index in [0.29, 0.717) is 12.1 Å². The second-order valence-electron chi connectivity index (χ2n) is 9.64. The molecule has 2 aromatic rings. The van der Waals surface area contributed by atoms with Crippen LogP contribution in [0.2, 0.25) is 0 Å². The van der Waals surface area contributed by atoms with Crippen LogP contribution in [0.25, 0.3) is 17.6 Å². The normalized spacial score (nSPS) is 17.0. The van der Waals surface area contributed by atoms with Gasteiger partial charge in [0.05, 0.1) is 30.3 Å². The fourth-order valence-electron chi connectivity index (χ4n) is 3.98. The molecule has 1 aliphatic rings. The molecule has 37 heavy (non-hydrogen) atoms. The number of carbonyl (C=O) groups is 2. The number of likely N-dealkylation sites (tertiary alicyclic amines) is 1. The number of nitrogens with one attached hydrogen (secondary N) is 1. The molecule has 0 radical (unpaired) electrons. The molecule has 1 aromatic heterocycles. The van der Waals surface area contributed by atoms with E-state index in [1.54, 1.807) is 20.8 Å². The molecule has 0 saturated carbocycles. The molecule has 3 rings (SSSR count). The predicted molar refractivity (Wildman–Crippen MR) is 116 cm³/mol. The first-order chi connectivity index (χ1) is 16.8. The summed E-state index contributed by atoms with van der Waals surface area (Å²) in [5.41, 5.74) is -6.40. The Balaban J connectivity index is 1.74. The molecular formula is C22H22F7N5O3. The minimum atomic E-state index is -5.04. The Morgan fingerprint density at radius 1 is 1.05 bits per heavy atom. The maximum absolute atomic E-state index is 15.3. The number of carbonyl (C=O) groups excluding carboxylic acids is 1. The lowest BCUT2D eigenvalue weighted by molar-refractivity contribution is -0.146. The number of amides is 2. The van der Waals surface area contributed by atoms with E-state index in [9.17, 15) is 35.9 Å². The van der Waals surface area contributed by atoms with Crippen LogP contribution in [0.1, 0.15) is 31.9 Å². The summed E-state index contributed by atoms with van der Waals surface area (Å²) in [5, 5.41) is 14.9. The average molecular weight is 537 g/mol. The average Bonchev–Trinajstić information content (AvgIpc) is 3.20. The van der Waals surface area contributed by atoms with E-state index < -0.39 is 77.1 Å². The largest absolute Gasteiger partial charge is 0.465 e. The van der Waals surface area contributed by atoms with Crippen molar-refractivity contribution in [2.24, 2.45) is 5.41 Å². The van der Waals surface area contributed by atoms with E-state index in [1.165, 1.54) is 0 Å². The van der Waals surface area contributed by atoms with Crippen molar-refractivity contribution in [3.8, 4) is 11.4 Å². The van der Waals surface area contributed by atoms with E-state index in [0.717, 1.165) is 28.2 Å². The first kappa shape index (κ1) is 27.9. The van der Waals surface area contributed by atoms with Crippen LogP contribution in [0, 0.1) is 5.41 Å². The Labute approximate surface area is 205 Å². The molecule has 0 spiro atoms. The Morgan fingerprint density at radius 3 is 2.05 bits per heavy atom. The molecule has 15 heteroatoms. The second kappa shape index (κ2) is 9.34. The number of alkyl halides is 7. The van der Waals surface area contributed by atoms with E-state index in [4.69, 9.17) is 5.11 Å². The van der Waals surface area contributed by atoms with Crippen molar-refractivity contribution < 1.29 is 45.4 Å². The molecule has 1 fully saturated rings. The summed E-state index contributed by atoms with van der Waals surface area (Å²) < 4.78 is 94.7. The maximum atomic E-state index is 15.3. The summed E-state index contributed by atoms with van der Waals surface area (Å²) in [7, 11) is 0. The highest BCUT2D eigenvalue weighted by Crippen LogP contribution is 2.39. The molecule has 1 unspecified atom stereocenters. The minimum absolute atomic E-state index is 0.0206. The van der Waals surface area contributed by atoms with Crippen molar-refractivity contribution >= 4 is 18.2 Å². The van der Waals surface area contributed by atoms with E-state index in [2.05, 4.69) is 15.4 Å². The minimum Gasteiger partial charge on any atom is -0.465 e. The lowest BCUT2D eigenvalue weighted by atomic mass is 9.73. The molecule has 202 valence electrons. The molecule has 0 bridgehead atoms. The smallest absolute Gasteiger partial charge is 0.416 e. The van der Waals surface area contributed by atoms with Crippen LogP contribution in [-0.4, -0.2) is 61.6 Å². The van der Waals surface area contributed by atoms with Crippen LogP contribution in [0.3, 0.4) is 0 Å². The Hall–Kier alpha value is -3.65. The molecule has 0 aliphatic carbocycles. The van der Waals surface area contributed by atoms with Crippen LogP contribution in [0.15, 0.2) is 30.6 Å². The van der Waals surface area contributed by atoms with Crippen molar-refractivity contribution in [3.63, 3.8) is 0 Å². The third kappa shape index (κ3) is 6.38. The van der Waals surface area contributed by atoms with Crippen molar-refractivity contribution in [3.05, 3.63) is 41.7 Å². The van der Waals surface area contributed by atoms with E-state index in [1.807, 2.05) is 0 Å². The van der Waals surface area contributed by atoms with Crippen molar-refractivity contribution in [1.82, 2.24) is 25.0 Å². The van der Waals surface area contributed by atoms with Gasteiger partial charge in [-0.3, -0.25) is 4.79 Å². The van der Waals surface area contributed by atoms with Gasteiger partial charge in [0, 0.05) is 17.8 Å². The predicted octanol–water partition coefficient (Wildman–Crippen LogP) is 4.69. The molecule has 2 amide bonds. The van der Waals surface area contributed by atoms with Gasteiger partial charge in [-0.25, -0.2) is 18.9 Å². The number of benzene rings is 1. The van der Waals surface area contributed by atoms with Gasteiger partial charge in [0.15, 0.2) is 11.5 Å². The van der Waals surface area contributed by atoms with Crippen LogP contribution >= 0.6 is 0 Å². The van der Waals surface area contributed by atoms with Gasteiger partial charge < -0.3 is 15.3 Å². The number of rotatable bonds is 5. The van der Waals surface area contributed by atoms with Gasteiger partial charge in [-0.05, 0) is 23.6 Å². The lowest BCUT2D eigenvalue weighted by Gasteiger charge is -2.51. The third-order valence-electron chi connectivity index (χ3n) is 5.59. The lowest BCUT2D eigenvalue weighted by Crippen LogP contribution is -2.72. The van der Waals surface area contributed by atoms with E-state index in [-0.39, 0.29) is 6.07 Å². The number of halogens is 7. The Morgan fingerprint density at radius 2 is 1.59 bits per heavy atom. The monoisotopic (exact) mass is 537 g/mol. The van der Waals surface area contributed by atoms with Crippen molar-refractivity contribution in [2.45, 2.75) is 44.8 Å². The number of carboxylic acid groups (broad SMARTS) is 1. The van der Waals surface area contributed by atoms with Crippen LogP contribution in [-0.2, 0) is 17.1 Å². The van der Waals surface area contributed by atoms with E-state index >= 15 is 4.39 Å². The van der Waals surface area contributed by atoms with Crippen molar-refractivity contribution in [2.75, 3.05) is 13.1 Å². The van der Waals surface area contributed by atoms with Gasteiger partial charge in [-0.2, -0.15) is 26.3 Å². The van der Waals surface area contributed by atoms with Gasteiger partial charge >= 0.3 is 18.4 Å². The quantitative estimate of drug-likeness (QED) is 0.426. The zero-order valence-electron chi connectivity index (χ0n) is 19.7. The third-order valence-corrected chi connectivity index (χ3v) is 5.59. The van der Waals surface area contributed by atoms with Crippen LogP contribution in [0.5, 0.6) is 0 Å². The first-order valence-corrected chi connectivity index (χ1v) is 10.7. The molecule has 2 N–H and O–H groups in total. The number of hydrogen-bond acceptors (Lipinski definition) is 4. The molecular weight excluding hydrogens is 515 g/mol. The van der Waals surface area contributed by atoms with Gasteiger partial charge in [-0.15, -0.1) is 5.10 Å². The summed E-state index contributed by atoms with van der Waals surface area (Å²) in [4.78, 5) is 28.3. The summed E-state index contributed by atoms with van der Waals surface area (Å²) in [6.07, 6.45) is -8.52. The molecule has 1 saturated heterocycles. The molecule has 1 atom stereocenters. The molecule has 2 heterocycles. The fraction of sp³-hybridized carbons (Fsp3) is 0.455. The molecule has 8 nitrogen and oxygen atoms in total. The fourth-order valence-corrected chi connectivity index (χ4v) is 3.98. The SMILES string of the molecule is CC(C)(C)C(NC(=O)O)C1(F)CN(C(=O)C=Cn2cnc(-c3cc(C(F)(F)F)cc(C(F)(F)F)c3)n2)C1. The summed E-state index contributed by atoms with van der Waals surface area (Å²) in [6.45, 7) is 4.13. The summed E-state index contributed by atoms with van der Waals surface area (Å²) in [6, 6.07) is -0.173. The highest BCUT2D eigenvalue weighted by Gasteiger charge is 2.55. The number of hydrogen-bond donors (Lipinski definition) is 2. The number of aromatic nitrogens is 3. The van der Waals surface area contributed by atoms with Gasteiger partial charge in [0.1, 0.15) is 6.33 Å². The van der Waals surface area contributed by atoms with Crippen LogP contribution in [0.4, 0.5) is 35.5 Å². The zero-order chi connectivity index (χ0) is 28.0. The summed E-state index contributed by atoms with van der Waals surface area (Å²) >= 11 is 0. The van der Waals surface area contributed by atoms with Gasteiger partial charge in [0.25, 0.3) is 0 Å². The number of nitrogens with zero attached hydrogens (tertiary/aromatic N) is 4. The summed E-state index contributed by atoms with van der Waals surface area (Å²) in [5.74, 6) is -1.13.